The van der Waals surface area contributed by atoms with E-state index in [2.05, 4.69) is 0 Å². The maximum Gasteiger partial charge on any atom is 0.343 e. The van der Waals surface area contributed by atoms with Crippen molar-refractivity contribution in [2.24, 2.45) is 0 Å². The van der Waals surface area contributed by atoms with Crippen LogP contribution in [-0.2, 0) is 38.5 Å². The lowest BCUT2D eigenvalue weighted by Crippen LogP contribution is -2.42. The third-order valence-electron chi connectivity index (χ3n) is 3.42. The lowest BCUT2D eigenvalue weighted by atomic mass is 10.4. The van der Waals surface area contributed by atoms with Crippen LogP contribution in [0.1, 0.15) is 0 Å². The van der Waals surface area contributed by atoms with E-state index in [0.717, 1.165) is 0 Å². The molecule has 24 heavy (non-hydrogen) atoms. The fourth-order valence-corrected chi connectivity index (χ4v) is 2.39. The van der Waals surface area contributed by atoms with E-state index in [9.17, 15) is 19.2 Å². The Bertz CT molecular complexity index is 427. The van der Waals surface area contributed by atoms with Gasteiger partial charge in [0, 0.05) is 23.5 Å². The second-order valence-corrected chi connectivity index (χ2v) is 5.39. The Morgan fingerprint density at radius 1 is 0.500 bits per heavy atom. The lowest BCUT2D eigenvalue weighted by Gasteiger charge is -2.22. The van der Waals surface area contributed by atoms with E-state index < -0.39 is 23.9 Å². The molecule has 0 radical (unpaired) electrons. The Kier molecular flexibility index (Phi) is 4.89. The van der Waals surface area contributed by atoms with Crippen molar-refractivity contribution in [3.05, 3.63) is 0 Å². The second kappa shape index (κ2) is 7.09. The number of carbonyl (C=O) groups excluding carboxylic acids is 4. The van der Waals surface area contributed by atoms with Gasteiger partial charge in [-0.1, -0.05) is 0 Å². The van der Waals surface area contributed by atoms with Gasteiger partial charge in [0.15, 0.2) is 0 Å². The normalized spacial score (nSPS) is 35.0. The Morgan fingerprint density at radius 2 is 0.792 bits per heavy atom. The topological polar surface area (TPSA) is 118 Å². The molecule has 0 N–H and O–H groups in total. The van der Waals surface area contributed by atoms with Crippen LogP contribution in [0.3, 0.4) is 0 Å². The molecule has 4 saturated heterocycles. The molecule has 0 aliphatic carbocycles. The standard InChI is InChI=1S/C12H16N4O8/c17-9-5-13-1-2-14-7-11(19)23-15(21-9)3-4-16(22-10(18)6-13)24-12(20)8-14/h1-8H2. The average molecular weight is 344 g/mol. The molecule has 4 rings (SSSR count). The fourth-order valence-electron chi connectivity index (χ4n) is 2.39. The molecule has 4 bridgehead atoms. The number of hydrogen-bond donors (Lipinski definition) is 0. The molecule has 0 aromatic rings. The molecule has 132 valence electrons. The molecule has 0 saturated carbocycles. The molecule has 0 aromatic carbocycles. The van der Waals surface area contributed by atoms with E-state index in [1.807, 2.05) is 0 Å². The second-order valence-electron chi connectivity index (χ2n) is 5.39. The van der Waals surface area contributed by atoms with Gasteiger partial charge in [0.05, 0.1) is 39.3 Å². The summed E-state index contributed by atoms with van der Waals surface area (Å²) < 4.78 is 0. The predicted molar refractivity (Wildman–Crippen MR) is 70.7 cm³/mol. The van der Waals surface area contributed by atoms with Crippen LogP contribution >= 0.6 is 0 Å². The summed E-state index contributed by atoms with van der Waals surface area (Å²) in [4.78, 5) is 70.7. The van der Waals surface area contributed by atoms with E-state index in [0.29, 0.717) is 10.5 Å². The van der Waals surface area contributed by atoms with Crippen LogP contribution in [-0.4, -0.2) is 96.5 Å². The van der Waals surface area contributed by atoms with E-state index in [-0.39, 0.29) is 52.4 Å². The molecule has 0 unspecified atom stereocenters. The number of carbonyl (C=O) groups is 4. The molecule has 0 amide bonds. The summed E-state index contributed by atoms with van der Waals surface area (Å²) in [6.07, 6.45) is 0. The maximum absolute atomic E-state index is 12.0. The minimum absolute atomic E-state index is 0.183. The smallest absolute Gasteiger partial charge is 0.331 e. The molecule has 12 heteroatoms. The molecule has 0 spiro atoms. The number of rotatable bonds is 0. The van der Waals surface area contributed by atoms with Gasteiger partial charge in [-0.15, -0.1) is 0 Å². The van der Waals surface area contributed by atoms with Gasteiger partial charge < -0.3 is 19.4 Å². The van der Waals surface area contributed by atoms with Crippen LogP contribution in [0.4, 0.5) is 0 Å². The predicted octanol–water partition coefficient (Wildman–Crippen LogP) is -2.93. The molecule has 4 fully saturated rings. The van der Waals surface area contributed by atoms with Crippen molar-refractivity contribution in [3.63, 3.8) is 0 Å². The number of hydrogen-bond acceptors (Lipinski definition) is 12. The van der Waals surface area contributed by atoms with Crippen molar-refractivity contribution in [2.45, 2.75) is 0 Å². The first-order chi connectivity index (χ1) is 11.5. The number of fused-ring (bicyclic) bond motifs is 10. The van der Waals surface area contributed by atoms with E-state index >= 15 is 0 Å². The van der Waals surface area contributed by atoms with Crippen LogP contribution < -0.4 is 0 Å². The Hall–Kier alpha value is -2.28. The Morgan fingerprint density at radius 3 is 1.08 bits per heavy atom. The first-order valence-electron chi connectivity index (χ1n) is 7.31. The highest BCUT2D eigenvalue weighted by Crippen LogP contribution is 2.08. The summed E-state index contributed by atoms with van der Waals surface area (Å²) in [7, 11) is 0. The van der Waals surface area contributed by atoms with Crippen molar-refractivity contribution in [2.75, 3.05) is 52.4 Å². The molecule has 4 heterocycles. The average Bonchev–Trinajstić information content (AvgIpc) is 2.53. The Labute approximate surface area is 136 Å². The quantitative estimate of drug-likeness (QED) is 0.447. The number of nitrogens with zero attached hydrogens (tertiary/aromatic N) is 4. The third-order valence-corrected chi connectivity index (χ3v) is 3.42. The molecular formula is C12H16N4O8. The summed E-state index contributed by atoms with van der Waals surface area (Å²) in [6.45, 7) is -0.694. The molecular weight excluding hydrogens is 328 g/mol. The van der Waals surface area contributed by atoms with E-state index in [1.165, 1.54) is 9.80 Å². The minimum atomic E-state index is -0.688. The maximum atomic E-state index is 12.0. The van der Waals surface area contributed by atoms with Gasteiger partial charge in [-0.05, 0) is 0 Å². The van der Waals surface area contributed by atoms with Crippen molar-refractivity contribution in [1.82, 2.24) is 20.3 Å². The SMILES string of the molecule is O=C1CN2CCN3CC(=O)ON(CCN(OC(=O)C2)OC(=O)C3)O1. The number of hydroxylamine groups is 4. The largest absolute Gasteiger partial charge is 0.343 e. The van der Waals surface area contributed by atoms with Crippen LogP contribution in [0.15, 0.2) is 0 Å². The zero-order chi connectivity index (χ0) is 17.1. The Balaban J connectivity index is 1.96. The van der Waals surface area contributed by atoms with Crippen LogP contribution in [0.5, 0.6) is 0 Å². The third kappa shape index (κ3) is 4.38. The highest BCUT2D eigenvalue weighted by Gasteiger charge is 2.31. The van der Waals surface area contributed by atoms with Crippen molar-refractivity contribution >= 4 is 23.9 Å². The molecule has 0 atom stereocenters. The van der Waals surface area contributed by atoms with Crippen molar-refractivity contribution in [3.8, 4) is 0 Å². The summed E-state index contributed by atoms with van der Waals surface area (Å²) in [5.74, 6) is -2.75. The van der Waals surface area contributed by atoms with E-state index in [1.54, 1.807) is 0 Å². The van der Waals surface area contributed by atoms with Gasteiger partial charge in [0.25, 0.3) is 0 Å². The zero-order valence-electron chi connectivity index (χ0n) is 12.7. The van der Waals surface area contributed by atoms with Crippen LogP contribution in [0.2, 0.25) is 0 Å². The van der Waals surface area contributed by atoms with Crippen LogP contribution in [0, 0.1) is 0 Å². The van der Waals surface area contributed by atoms with Gasteiger partial charge in [-0.2, -0.15) is 0 Å². The highest BCUT2D eigenvalue weighted by molar-refractivity contribution is 5.76. The summed E-state index contributed by atoms with van der Waals surface area (Å²) in [5, 5.41) is 1.38. The first-order valence-corrected chi connectivity index (χ1v) is 7.31. The molecule has 12 nitrogen and oxygen atoms in total. The molecule has 0 aromatic heterocycles. The van der Waals surface area contributed by atoms with Crippen LogP contribution in [0.25, 0.3) is 0 Å². The summed E-state index contributed by atoms with van der Waals surface area (Å²) in [5.41, 5.74) is 0. The molecule has 4 aliphatic heterocycles. The minimum Gasteiger partial charge on any atom is -0.331 e. The van der Waals surface area contributed by atoms with Gasteiger partial charge >= 0.3 is 23.9 Å². The fraction of sp³-hybridized carbons (Fsp3) is 0.667. The lowest BCUT2D eigenvalue weighted by molar-refractivity contribution is -0.353. The van der Waals surface area contributed by atoms with Gasteiger partial charge in [-0.25, -0.2) is 19.2 Å². The van der Waals surface area contributed by atoms with Gasteiger partial charge in [-0.3, -0.25) is 9.80 Å². The highest BCUT2D eigenvalue weighted by atomic mass is 17.0. The first kappa shape index (κ1) is 16.6. The molecule has 4 aliphatic rings. The summed E-state index contributed by atoms with van der Waals surface area (Å²) in [6, 6.07) is 0. The monoisotopic (exact) mass is 344 g/mol. The van der Waals surface area contributed by atoms with Crippen molar-refractivity contribution in [1.29, 1.82) is 0 Å². The van der Waals surface area contributed by atoms with E-state index in [4.69, 9.17) is 19.4 Å². The summed E-state index contributed by atoms with van der Waals surface area (Å²) >= 11 is 0. The van der Waals surface area contributed by atoms with Crippen molar-refractivity contribution < 1.29 is 38.5 Å². The van der Waals surface area contributed by atoms with Gasteiger partial charge in [0.2, 0.25) is 0 Å². The zero-order valence-corrected chi connectivity index (χ0v) is 12.7. The van der Waals surface area contributed by atoms with Gasteiger partial charge in [0.1, 0.15) is 0 Å².